The molecule has 0 atom stereocenters. The number of aryl methyl sites for hydroxylation is 1. The van der Waals surface area contributed by atoms with Crippen molar-refractivity contribution in [2.24, 2.45) is 7.05 Å². The number of Topliss-reactive ketones (excluding diaryl/α,β-unsaturated/α-hetero) is 1. The zero-order valence-corrected chi connectivity index (χ0v) is 10.8. The van der Waals surface area contributed by atoms with Crippen LogP contribution in [0, 0.1) is 0 Å². The van der Waals surface area contributed by atoms with Crippen LogP contribution >= 0.6 is 23.4 Å². The number of aromatic nitrogens is 5. The Hall–Kier alpha value is -1.34. The maximum atomic E-state index is 10.8. The number of halogens is 1. The van der Waals surface area contributed by atoms with E-state index in [2.05, 4.69) is 20.3 Å². The van der Waals surface area contributed by atoms with E-state index in [1.54, 1.807) is 17.9 Å². The molecule has 8 heteroatoms. The molecule has 17 heavy (non-hydrogen) atoms. The quantitative estimate of drug-likeness (QED) is 0.854. The van der Waals surface area contributed by atoms with Gasteiger partial charge in [-0.25, -0.2) is 0 Å². The van der Waals surface area contributed by atoms with Crippen molar-refractivity contribution in [3.05, 3.63) is 11.2 Å². The van der Waals surface area contributed by atoms with Gasteiger partial charge in [-0.1, -0.05) is 23.4 Å². The van der Waals surface area contributed by atoms with Crippen LogP contribution < -0.4 is 0 Å². The molecular formula is C9H10ClN5OS. The van der Waals surface area contributed by atoms with E-state index in [9.17, 15) is 4.79 Å². The molecule has 0 spiro atoms. The molecule has 0 aliphatic rings. The normalized spacial score (nSPS) is 10.8. The van der Waals surface area contributed by atoms with E-state index in [1.807, 2.05) is 0 Å². The standard InChI is InChI=1S/C9H10ClN5OS/c1-5(16)4-17-9-11-8(12-13-9)7-6(10)3-15(2)14-7/h3H,4H2,1-2H3,(H,11,12,13). The van der Waals surface area contributed by atoms with Gasteiger partial charge in [-0.05, 0) is 6.92 Å². The summed E-state index contributed by atoms with van der Waals surface area (Å²) < 4.78 is 1.60. The third-order valence-corrected chi connectivity index (χ3v) is 3.17. The highest BCUT2D eigenvalue weighted by Gasteiger charge is 2.13. The number of aromatic amines is 1. The van der Waals surface area contributed by atoms with Crippen LogP contribution in [0.5, 0.6) is 0 Å². The second-order valence-electron chi connectivity index (χ2n) is 3.47. The van der Waals surface area contributed by atoms with Crippen LogP contribution in [0.1, 0.15) is 6.92 Å². The van der Waals surface area contributed by atoms with Gasteiger partial charge in [-0.2, -0.15) is 5.10 Å². The molecule has 0 aliphatic carbocycles. The lowest BCUT2D eigenvalue weighted by Crippen LogP contribution is -1.93. The van der Waals surface area contributed by atoms with Crippen molar-refractivity contribution in [3.63, 3.8) is 0 Å². The molecule has 2 aromatic rings. The Kier molecular flexibility index (Phi) is 3.49. The van der Waals surface area contributed by atoms with Gasteiger partial charge in [0.25, 0.3) is 0 Å². The highest BCUT2D eigenvalue weighted by molar-refractivity contribution is 7.99. The van der Waals surface area contributed by atoms with Crippen molar-refractivity contribution in [3.8, 4) is 11.5 Å². The fraction of sp³-hybridized carbons (Fsp3) is 0.333. The summed E-state index contributed by atoms with van der Waals surface area (Å²) in [6.07, 6.45) is 1.68. The predicted molar refractivity (Wildman–Crippen MR) is 65.0 cm³/mol. The summed E-state index contributed by atoms with van der Waals surface area (Å²) in [6, 6.07) is 0. The third kappa shape index (κ3) is 2.86. The van der Waals surface area contributed by atoms with Crippen LogP contribution in [0.25, 0.3) is 11.5 Å². The molecule has 0 saturated carbocycles. The summed E-state index contributed by atoms with van der Waals surface area (Å²) in [5.74, 6) is 0.954. The lowest BCUT2D eigenvalue weighted by atomic mass is 10.4. The van der Waals surface area contributed by atoms with Crippen molar-refractivity contribution in [2.75, 3.05) is 5.75 Å². The molecule has 6 nitrogen and oxygen atoms in total. The second-order valence-corrected chi connectivity index (χ2v) is 4.84. The average Bonchev–Trinajstić information content (AvgIpc) is 2.82. The Bertz CT molecular complexity index is 549. The number of nitrogens with zero attached hydrogens (tertiary/aromatic N) is 4. The van der Waals surface area contributed by atoms with Gasteiger partial charge in [-0.3, -0.25) is 9.48 Å². The highest BCUT2D eigenvalue weighted by atomic mass is 35.5. The molecule has 0 amide bonds. The predicted octanol–water partition coefficient (Wildman–Crippen LogP) is 1.54. The van der Waals surface area contributed by atoms with E-state index in [0.717, 1.165) is 0 Å². The maximum absolute atomic E-state index is 10.8. The highest BCUT2D eigenvalue weighted by Crippen LogP contribution is 2.24. The minimum atomic E-state index is 0.0869. The van der Waals surface area contributed by atoms with E-state index in [4.69, 9.17) is 11.6 Å². The lowest BCUT2D eigenvalue weighted by molar-refractivity contribution is -0.114. The molecule has 90 valence electrons. The Labute approximate surface area is 107 Å². The van der Waals surface area contributed by atoms with Crippen molar-refractivity contribution in [1.82, 2.24) is 25.0 Å². The monoisotopic (exact) mass is 271 g/mol. The van der Waals surface area contributed by atoms with Gasteiger partial charge < -0.3 is 4.98 Å². The van der Waals surface area contributed by atoms with Crippen LogP contribution in [0.2, 0.25) is 5.02 Å². The number of carbonyl (C=O) groups excluding carboxylic acids is 1. The molecule has 1 N–H and O–H groups in total. The van der Waals surface area contributed by atoms with Crippen LogP contribution in [-0.4, -0.2) is 36.5 Å². The van der Waals surface area contributed by atoms with Gasteiger partial charge in [0.05, 0.1) is 10.8 Å². The number of hydrogen-bond donors (Lipinski definition) is 1. The molecule has 0 aromatic carbocycles. The van der Waals surface area contributed by atoms with Crippen LogP contribution in [-0.2, 0) is 11.8 Å². The second kappa shape index (κ2) is 4.89. The molecule has 0 aliphatic heterocycles. The zero-order valence-electron chi connectivity index (χ0n) is 9.27. The first-order valence-corrected chi connectivity index (χ1v) is 6.17. The number of rotatable bonds is 4. The van der Waals surface area contributed by atoms with Gasteiger partial charge in [0, 0.05) is 13.2 Å². The molecule has 0 bridgehead atoms. The molecule has 0 saturated heterocycles. The van der Waals surface area contributed by atoms with Gasteiger partial charge in [0.2, 0.25) is 0 Å². The lowest BCUT2D eigenvalue weighted by Gasteiger charge is -1.91. The summed E-state index contributed by atoms with van der Waals surface area (Å²) in [5.41, 5.74) is 0.552. The average molecular weight is 272 g/mol. The molecule has 2 aromatic heterocycles. The Morgan fingerprint density at radius 1 is 1.59 bits per heavy atom. The number of hydrogen-bond acceptors (Lipinski definition) is 5. The maximum Gasteiger partial charge on any atom is 0.189 e. The topological polar surface area (TPSA) is 76.5 Å². The Balaban J connectivity index is 2.18. The van der Waals surface area contributed by atoms with Gasteiger partial charge in [0.15, 0.2) is 11.0 Å². The van der Waals surface area contributed by atoms with Crippen LogP contribution in [0.3, 0.4) is 0 Å². The number of ketones is 1. The summed E-state index contributed by atoms with van der Waals surface area (Å²) in [4.78, 5) is 13.8. The SMILES string of the molecule is CC(=O)CSc1nnc(-c2nn(C)cc2Cl)[nH]1. The van der Waals surface area contributed by atoms with Crippen molar-refractivity contribution in [2.45, 2.75) is 12.1 Å². The van der Waals surface area contributed by atoms with Crippen LogP contribution in [0.15, 0.2) is 11.4 Å². The van der Waals surface area contributed by atoms with Gasteiger partial charge >= 0.3 is 0 Å². The minimum Gasteiger partial charge on any atom is -0.315 e. The first-order valence-electron chi connectivity index (χ1n) is 4.80. The number of carbonyl (C=O) groups is 1. The molecule has 0 fully saturated rings. The molecule has 0 unspecified atom stereocenters. The fourth-order valence-electron chi connectivity index (χ4n) is 1.21. The number of nitrogens with one attached hydrogen (secondary N) is 1. The largest absolute Gasteiger partial charge is 0.315 e. The van der Waals surface area contributed by atoms with Gasteiger partial charge in [0.1, 0.15) is 11.5 Å². The third-order valence-electron chi connectivity index (χ3n) is 1.89. The smallest absolute Gasteiger partial charge is 0.189 e. The zero-order chi connectivity index (χ0) is 12.4. The van der Waals surface area contributed by atoms with E-state index >= 15 is 0 Å². The summed E-state index contributed by atoms with van der Waals surface area (Å²) in [6.45, 7) is 1.53. The fourth-order valence-corrected chi connectivity index (χ4v) is 2.08. The van der Waals surface area contributed by atoms with E-state index in [1.165, 1.54) is 18.7 Å². The van der Waals surface area contributed by atoms with E-state index < -0.39 is 0 Å². The van der Waals surface area contributed by atoms with Crippen LogP contribution in [0.4, 0.5) is 0 Å². The molecule has 2 rings (SSSR count). The van der Waals surface area contributed by atoms with Crippen molar-refractivity contribution < 1.29 is 4.79 Å². The Morgan fingerprint density at radius 3 is 2.94 bits per heavy atom. The number of thioether (sulfide) groups is 1. The first-order chi connectivity index (χ1) is 8.06. The summed E-state index contributed by atoms with van der Waals surface area (Å²) in [7, 11) is 1.77. The van der Waals surface area contributed by atoms with Crippen molar-refractivity contribution >= 4 is 29.1 Å². The van der Waals surface area contributed by atoms with Gasteiger partial charge in [-0.15, -0.1) is 10.2 Å². The molecular weight excluding hydrogens is 262 g/mol. The summed E-state index contributed by atoms with van der Waals surface area (Å²) >= 11 is 7.28. The van der Waals surface area contributed by atoms with E-state index in [0.29, 0.717) is 27.5 Å². The van der Waals surface area contributed by atoms with Crippen molar-refractivity contribution in [1.29, 1.82) is 0 Å². The number of H-pyrrole nitrogens is 1. The summed E-state index contributed by atoms with van der Waals surface area (Å²) in [5, 5.41) is 13.1. The van der Waals surface area contributed by atoms with E-state index in [-0.39, 0.29) is 5.78 Å². The Morgan fingerprint density at radius 2 is 2.35 bits per heavy atom. The first kappa shape index (κ1) is 12.1. The molecule has 0 radical (unpaired) electrons. The minimum absolute atomic E-state index is 0.0869. The molecule has 2 heterocycles.